The highest BCUT2D eigenvalue weighted by Crippen LogP contribution is 2.36. The maximum atomic E-state index is 15.1. The molecule has 0 radical (unpaired) electrons. The molecule has 2 aliphatic rings. The molecular formula is C29H39F4N7O3. The minimum Gasteiger partial charge on any atom is -0.495 e. The molecule has 2 amide bonds. The van der Waals surface area contributed by atoms with E-state index in [1.807, 2.05) is 7.05 Å². The van der Waals surface area contributed by atoms with Crippen LogP contribution in [-0.4, -0.2) is 72.1 Å². The fraction of sp³-hybridized carbons (Fsp3) is 0.586. The molecule has 2 aromatic rings. The minimum absolute atomic E-state index is 0.0290. The second-order valence-corrected chi connectivity index (χ2v) is 11.5. The molecule has 43 heavy (non-hydrogen) atoms. The highest BCUT2D eigenvalue weighted by atomic mass is 19.4. The Hall–Kier alpha value is -3.68. The fourth-order valence-electron chi connectivity index (χ4n) is 5.29. The summed E-state index contributed by atoms with van der Waals surface area (Å²) in [5.41, 5.74) is -1.26. The highest BCUT2D eigenvalue weighted by Gasteiger charge is 2.37. The molecule has 236 valence electrons. The van der Waals surface area contributed by atoms with Crippen LogP contribution in [-0.2, 0) is 11.0 Å². The van der Waals surface area contributed by atoms with Gasteiger partial charge in [-0.1, -0.05) is 26.7 Å². The molecule has 1 saturated heterocycles. The van der Waals surface area contributed by atoms with E-state index in [9.17, 15) is 22.8 Å². The zero-order valence-electron chi connectivity index (χ0n) is 24.8. The molecular weight excluding hydrogens is 570 g/mol. The van der Waals surface area contributed by atoms with Crippen molar-refractivity contribution in [2.45, 2.75) is 76.7 Å². The molecule has 2 unspecified atom stereocenters. The molecule has 0 bridgehead atoms. The zero-order valence-corrected chi connectivity index (χ0v) is 24.8. The summed E-state index contributed by atoms with van der Waals surface area (Å²) >= 11 is 0. The van der Waals surface area contributed by atoms with Crippen molar-refractivity contribution < 1.29 is 31.9 Å². The summed E-state index contributed by atoms with van der Waals surface area (Å²) in [5.74, 6) is -2.51. The first-order chi connectivity index (χ1) is 20.3. The first kappa shape index (κ1) is 32.2. The van der Waals surface area contributed by atoms with E-state index in [4.69, 9.17) is 4.74 Å². The third-order valence-electron chi connectivity index (χ3n) is 7.87. The lowest BCUT2D eigenvalue weighted by molar-refractivity contribution is -0.137. The van der Waals surface area contributed by atoms with E-state index in [2.05, 4.69) is 36.1 Å². The number of nitrogens with zero attached hydrogens (tertiary/aromatic N) is 3. The number of methoxy groups -OCH3 is 1. The first-order valence-corrected chi connectivity index (χ1v) is 14.5. The number of piperidine rings is 1. The SMILES string of the molecule is COc1cc(C(=O)NC2CCN(C)CC2)c(F)cc1Nc1ncc(C(F)(F)F)c(NC2CCCCC2NC(=O)C(C)C)n1. The van der Waals surface area contributed by atoms with Gasteiger partial charge in [0.15, 0.2) is 0 Å². The van der Waals surface area contributed by atoms with Crippen molar-refractivity contribution in [3.8, 4) is 5.75 Å². The Bertz CT molecular complexity index is 1300. The number of carbonyl (C=O) groups is 2. The van der Waals surface area contributed by atoms with E-state index >= 15 is 4.39 Å². The summed E-state index contributed by atoms with van der Waals surface area (Å²) in [4.78, 5) is 35.2. The molecule has 0 spiro atoms. The average Bonchev–Trinajstić information content (AvgIpc) is 2.95. The number of amides is 2. The van der Waals surface area contributed by atoms with Gasteiger partial charge in [0.25, 0.3) is 5.91 Å². The van der Waals surface area contributed by atoms with Crippen molar-refractivity contribution in [3.05, 3.63) is 35.3 Å². The van der Waals surface area contributed by atoms with Gasteiger partial charge in [0.05, 0.1) is 18.4 Å². The Morgan fingerprint density at radius 2 is 1.72 bits per heavy atom. The molecule has 1 aromatic carbocycles. The lowest BCUT2D eigenvalue weighted by atomic mass is 9.89. The van der Waals surface area contributed by atoms with Crippen molar-refractivity contribution >= 4 is 29.3 Å². The van der Waals surface area contributed by atoms with Crippen LogP contribution in [0.4, 0.5) is 35.0 Å². The summed E-state index contributed by atoms with van der Waals surface area (Å²) in [7, 11) is 3.32. The van der Waals surface area contributed by atoms with Gasteiger partial charge in [-0.05, 0) is 51.9 Å². The lowest BCUT2D eigenvalue weighted by Crippen LogP contribution is -2.49. The normalized spacial score (nSPS) is 20.0. The third kappa shape index (κ3) is 8.24. The summed E-state index contributed by atoms with van der Waals surface area (Å²) in [5, 5.41) is 11.4. The summed E-state index contributed by atoms with van der Waals surface area (Å²) < 4.78 is 62.3. The van der Waals surface area contributed by atoms with Crippen molar-refractivity contribution in [2.24, 2.45) is 5.92 Å². The highest BCUT2D eigenvalue weighted by molar-refractivity contribution is 5.96. The second kappa shape index (κ2) is 13.7. The standard InChI is InChI=1S/C29H39F4N7O3/c1-16(2)26(41)37-22-8-6-5-7-21(22)36-25-19(29(31,32)33)15-34-28(39-25)38-23-14-20(30)18(13-24(23)43-4)27(42)35-17-9-11-40(3)12-10-17/h13-17,21-22H,5-12H2,1-4H3,(H,35,42)(H,37,41)(H2,34,36,38,39). The molecule has 1 aliphatic carbocycles. The van der Waals surface area contributed by atoms with Crippen molar-refractivity contribution in [2.75, 3.05) is 37.9 Å². The topological polar surface area (TPSA) is 121 Å². The van der Waals surface area contributed by atoms with Crippen molar-refractivity contribution in [3.63, 3.8) is 0 Å². The Morgan fingerprint density at radius 3 is 2.35 bits per heavy atom. The summed E-state index contributed by atoms with van der Waals surface area (Å²) in [6.07, 6.45) is 0.142. The van der Waals surface area contributed by atoms with Crippen LogP contribution in [0.1, 0.15) is 68.3 Å². The largest absolute Gasteiger partial charge is 0.495 e. The Kier molecular flexibility index (Phi) is 10.3. The number of hydrogen-bond acceptors (Lipinski definition) is 8. The van der Waals surface area contributed by atoms with Crippen LogP contribution in [0.5, 0.6) is 5.75 Å². The number of benzene rings is 1. The molecule has 1 saturated carbocycles. The molecule has 4 N–H and O–H groups in total. The smallest absolute Gasteiger partial charge is 0.421 e. The van der Waals surface area contributed by atoms with Gasteiger partial charge in [0.2, 0.25) is 11.9 Å². The summed E-state index contributed by atoms with van der Waals surface area (Å²) in [6.45, 7) is 5.13. The molecule has 2 fully saturated rings. The van der Waals surface area contributed by atoms with Crippen LogP contribution in [0, 0.1) is 11.7 Å². The van der Waals surface area contributed by atoms with Crippen LogP contribution >= 0.6 is 0 Å². The summed E-state index contributed by atoms with van der Waals surface area (Å²) in [6, 6.07) is 1.30. The molecule has 2 heterocycles. The van der Waals surface area contributed by atoms with Crippen LogP contribution in [0.25, 0.3) is 0 Å². The molecule has 1 aromatic heterocycles. The van der Waals surface area contributed by atoms with E-state index in [0.717, 1.165) is 44.8 Å². The van der Waals surface area contributed by atoms with Crippen LogP contribution in [0.15, 0.2) is 18.3 Å². The maximum Gasteiger partial charge on any atom is 0.421 e. The first-order valence-electron chi connectivity index (χ1n) is 14.5. The fourth-order valence-corrected chi connectivity index (χ4v) is 5.29. The number of anilines is 3. The lowest BCUT2D eigenvalue weighted by Gasteiger charge is -2.34. The Morgan fingerprint density at radius 1 is 1.05 bits per heavy atom. The van der Waals surface area contributed by atoms with Gasteiger partial charge in [0, 0.05) is 36.3 Å². The molecule has 2 atom stereocenters. The predicted octanol–water partition coefficient (Wildman–Crippen LogP) is 4.71. The number of carbonyl (C=O) groups excluding carboxylic acids is 2. The van der Waals surface area contributed by atoms with E-state index < -0.39 is 35.3 Å². The number of nitrogens with one attached hydrogen (secondary N) is 4. The van der Waals surface area contributed by atoms with Gasteiger partial charge in [0.1, 0.15) is 22.9 Å². The number of ether oxygens (including phenoxy) is 1. The quantitative estimate of drug-likeness (QED) is 0.302. The zero-order chi connectivity index (χ0) is 31.3. The number of halogens is 4. The monoisotopic (exact) mass is 609 g/mol. The van der Waals surface area contributed by atoms with Gasteiger partial charge in [-0.25, -0.2) is 9.37 Å². The van der Waals surface area contributed by atoms with E-state index in [-0.39, 0.29) is 46.9 Å². The van der Waals surface area contributed by atoms with Crippen molar-refractivity contribution in [1.29, 1.82) is 0 Å². The molecule has 4 rings (SSSR count). The third-order valence-corrected chi connectivity index (χ3v) is 7.87. The van der Waals surface area contributed by atoms with E-state index in [0.29, 0.717) is 19.0 Å². The Balaban J connectivity index is 1.56. The van der Waals surface area contributed by atoms with E-state index in [1.54, 1.807) is 13.8 Å². The van der Waals surface area contributed by atoms with Gasteiger partial charge >= 0.3 is 6.18 Å². The molecule has 1 aliphatic heterocycles. The molecule has 14 heteroatoms. The maximum absolute atomic E-state index is 15.1. The predicted molar refractivity (Wildman–Crippen MR) is 154 cm³/mol. The number of hydrogen-bond donors (Lipinski definition) is 4. The van der Waals surface area contributed by atoms with Crippen LogP contribution < -0.4 is 26.0 Å². The van der Waals surface area contributed by atoms with Gasteiger partial charge < -0.3 is 30.9 Å². The molecule has 10 nitrogen and oxygen atoms in total. The van der Waals surface area contributed by atoms with E-state index in [1.165, 1.54) is 13.2 Å². The number of aromatic nitrogens is 2. The Labute approximate surface area is 248 Å². The average molecular weight is 610 g/mol. The van der Waals surface area contributed by atoms with Crippen LogP contribution in [0.3, 0.4) is 0 Å². The van der Waals surface area contributed by atoms with Gasteiger partial charge in [-0.2, -0.15) is 18.2 Å². The number of likely N-dealkylation sites (tertiary alicyclic amines) is 1. The van der Waals surface area contributed by atoms with Crippen molar-refractivity contribution in [1.82, 2.24) is 25.5 Å². The minimum atomic E-state index is -4.75. The number of rotatable bonds is 9. The van der Waals surface area contributed by atoms with Gasteiger partial charge in [-0.15, -0.1) is 0 Å². The number of alkyl halides is 3. The van der Waals surface area contributed by atoms with Gasteiger partial charge in [-0.3, -0.25) is 9.59 Å². The van der Waals surface area contributed by atoms with Crippen LogP contribution in [0.2, 0.25) is 0 Å². The second-order valence-electron chi connectivity index (χ2n) is 11.5.